The second-order valence-corrected chi connectivity index (χ2v) is 6.32. The van der Waals surface area contributed by atoms with E-state index in [0.717, 1.165) is 31.4 Å². The minimum absolute atomic E-state index is 0. The summed E-state index contributed by atoms with van der Waals surface area (Å²) in [4.78, 5) is 27.4. The van der Waals surface area contributed by atoms with Crippen LogP contribution in [0, 0.1) is 0 Å². The zero-order valence-electron chi connectivity index (χ0n) is 14.4. The lowest BCUT2D eigenvalue weighted by Crippen LogP contribution is -2.48. The molecule has 0 spiro atoms. The monoisotopic (exact) mass is 354 g/mol. The highest BCUT2D eigenvalue weighted by molar-refractivity contribution is 5.95. The van der Waals surface area contributed by atoms with E-state index >= 15 is 0 Å². The molecule has 1 aliphatic rings. The van der Waals surface area contributed by atoms with Crippen molar-refractivity contribution < 1.29 is 14.7 Å². The molecule has 1 fully saturated rings. The maximum absolute atomic E-state index is 12.9. The van der Waals surface area contributed by atoms with Crippen molar-refractivity contribution >= 4 is 30.0 Å². The van der Waals surface area contributed by atoms with Crippen molar-refractivity contribution in [2.24, 2.45) is 0 Å². The van der Waals surface area contributed by atoms with Gasteiger partial charge in [-0.05, 0) is 38.9 Å². The highest BCUT2D eigenvalue weighted by atomic mass is 35.5. The third-order valence-corrected chi connectivity index (χ3v) is 4.65. The van der Waals surface area contributed by atoms with Crippen molar-refractivity contribution in [2.45, 2.75) is 51.1 Å². The van der Waals surface area contributed by atoms with E-state index in [0.29, 0.717) is 0 Å². The molecule has 0 aliphatic heterocycles. The van der Waals surface area contributed by atoms with Crippen molar-refractivity contribution in [1.82, 2.24) is 4.90 Å². The third-order valence-electron chi connectivity index (χ3n) is 4.65. The third kappa shape index (κ3) is 5.21. The van der Waals surface area contributed by atoms with Gasteiger partial charge in [-0.2, -0.15) is 0 Å². The fraction of sp³-hybridized carbons (Fsp3) is 0.556. The lowest BCUT2D eigenvalue weighted by molar-refractivity contribution is -0.142. The number of carbonyl (C=O) groups is 2. The number of aliphatic carboxylic acids is 1. The van der Waals surface area contributed by atoms with Crippen LogP contribution in [0.5, 0.6) is 0 Å². The summed E-state index contributed by atoms with van der Waals surface area (Å²) in [5.41, 5.74) is 0.903. The van der Waals surface area contributed by atoms with Crippen molar-refractivity contribution in [3.63, 3.8) is 0 Å². The van der Waals surface area contributed by atoms with Crippen LogP contribution < -0.4 is 4.90 Å². The lowest BCUT2D eigenvalue weighted by Gasteiger charge is -2.36. The maximum atomic E-state index is 12.9. The molecule has 1 N–H and O–H groups in total. The summed E-state index contributed by atoms with van der Waals surface area (Å²) in [7, 11) is 1.68. The fourth-order valence-corrected chi connectivity index (χ4v) is 3.10. The Bertz CT molecular complexity index is 532. The minimum atomic E-state index is -0.913. The second-order valence-electron chi connectivity index (χ2n) is 6.32. The maximum Gasteiger partial charge on any atom is 0.320 e. The summed E-state index contributed by atoms with van der Waals surface area (Å²) >= 11 is 0. The highest BCUT2D eigenvalue weighted by Crippen LogP contribution is 2.27. The van der Waals surface area contributed by atoms with E-state index in [1.165, 1.54) is 6.42 Å². The number of nitrogens with zero attached hydrogens (tertiary/aromatic N) is 2. The number of rotatable bonds is 6. The standard InChI is InChI=1S/C18H26N2O3.ClH/c1-14(18(22)23)19(2)13-17(21)20(15-9-5-3-6-10-15)16-11-7-4-8-12-16;/h3,5-6,9-10,14,16H,4,7-8,11-13H2,1-2H3,(H,22,23);1H. The first-order chi connectivity index (χ1) is 11.0. The number of carboxylic acids is 1. The first-order valence-electron chi connectivity index (χ1n) is 8.31. The van der Waals surface area contributed by atoms with Gasteiger partial charge in [0.15, 0.2) is 0 Å². The average molecular weight is 355 g/mol. The van der Waals surface area contributed by atoms with Crippen LogP contribution in [0.25, 0.3) is 0 Å². The quantitative estimate of drug-likeness (QED) is 0.852. The molecule has 134 valence electrons. The van der Waals surface area contributed by atoms with Gasteiger partial charge in [0.25, 0.3) is 0 Å². The number of para-hydroxylation sites is 1. The van der Waals surface area contributed by atoms with Gasteiger partial charge in [0.2, 0.25) is 5.91 Å². The molecule has 1 saturated carbocycles. The summed E-state index contributed by atoms with van der Waals surface area (Å²) in [5.74, 6) is -0.942. The minimum Gasteiger partial charge on any atom is -0.480 e. The lowest BCUT2D eigenvalue weighted by atomic mass is 9.93. The Kier molecular flexibility index (Phi) is 8.22. The molecule has 1 aromatic carbocycles. The largest absolute Gasteiger partial charge is 0.480 e. The Morgan fingerprint density at radius 1 is 1.17 bits per heavy atom. The Morgan fingerprint density at radius 2 is 1.75 bits per heavy atom. The second kappa shape index (κ2) is 9.64. The number of benzene rings is 1. The number of likely N-dealkylation sites (N-methyl/N-ethyl adjacent to an activating group) is 1. The zero-order valence-corrected chi connectivity index (χ0v) is 15.2. The normalized spacial score (nSPS) is 16.3. The summed E-state index contributed by atoms with van der Waals surface area (Å²) in [6.45, 7) is 1.71. The molecule has 1 amide bonds. The number of amides is 1. The molecule has 0 heterocycles. The average Bonchev–Trinajstić information content (AvgIpc) is 2.56. The zero-order chi connectivity index (χ0) is 16.8. The van der Waals surface area contributed by atoms with E-state index in [-0.39, 0.29) is 30.9 Å². The molecule has 0 bridgehead atoms. The van der Waals surface area contributed by atoms with Crippen LogP contribution in [-0.2, 0) is 9.59 Å². The van der Waals surface area contributed by atoms with E-state index in [4.69, 9.17) is 5.11 Å². The summed E-state index contributed by atoms with van der Waals surface area (Å²) in [6.07, 6.45) is 5.53. The van der Waals surface area contributed by atoms with Crippen molar-refractivity contribution in [1.29, 1.82) is 0 Å². The molecule has 0 aromatic heterocycles. The van der Waals surface area contributed by atoms with Crippen LogP contribution in [0.3, 0.4) is 0 Å². The van der Waals surface area contributed by atoms with Gasteiger partial charge in [0, 0.05) is 11.7 Å². The summed E-state index contributed by atoms with van der Waals surface area (Å²) in [5, 5.41) is 9.10. The van der Waals surface area contributed by atoms with E-state index in [9.17, 15) is 9.59 Å². The highest BCUT2D eigenvalue weighted by Gasteiger charge is 2.29. The molecule has 0 saturated heterocycles. The van der Waals surface area contributed by atoms with Gasteiger partial charge in [0.05, 0.1) is 6.54 Å². The molecule has 0 radical (unpaired) electrons. The molecule has 1 atom stereocenters. The SMILES string of the molecule is CC(C(=O)O)N(C)CC(=O)N(c1ccccc1)C1CCCCC1.Cl. The summed E-state index contributed by atoms with van der Waals surface area (Å²) < 4.78 is 0. The molecule has 1 unspecified atom stereocenters. The first kappa shape index (κ1) is 20.5. The summed E-state index contributed by atoms with van der Waals surface area (Å²) in [6, 6.07) is 9.24. The van der Waals surface area contributed by atoms with Gasteiger partial charge >= 0.3 is 5.97 Å². The van der Waals surface area contributed by atoms with E-state index in [2.05, 4.69) is 0 Å². The van der Waals surface area contributed by atoms with Crippen LogP contribution in [0.1, 0.15) is 39.0 Å². The fourth-order valence-electron chi connectivity index (χ4n) is 3.10. The number of hydrogen-bond donors (Lipinski definition) is 1. The van der Waals surface area contributed by atoms with Gasteiger partial charge in [-0.25, -0.2) is 0 Å². The van der Waals surface area contributed by atoms with Crippen molar-refractivity contribution in [3.8, 4) is 0 Å². The van der Waals surface area contributed by atoms with Crippen LogP contribution in [-0.4, -0.2) is 47.6 Å². The Hall–Kier alpha value is -1.59. The topological polar surface area (TPSA) is 60.9 Å². The molecule has 1 aliphatic carbocycles. The van der Waals surface area contributed by atoms with Gasteiger partial charge in [-0.1, -0.05) is 37.5 Å². The van der Waals surface area contributed by atoms with Gasteiger partial charge in [0.1, 0.15) is 6.04 Å². The molecule has 6 heteroatoms. The van der Waals surface area contributed by atoms with Crippen LogP contribution >= 0.6 is 12.4 Å². The van der Waals surface area contributed by atoms with Crippen LogP contribution in [0.15, 0.2) is 30.3 Å². The number of halogens is 1. The van der Waals surface area contributed by atoms with Gasteiger partial charge < -0.3 is 10.0 Å². The number of hydrogen-bond acceptors (Lipinski definition) is 3. The van der Waals surface area contributed by atoms with Gasteiger partial charge in [-0.15, -0.1) is 12.4 Å². The van der Waals surface area contributed by atoms with E-state index < -0.39 is 12.0 Å². The number of carboxylic acid groups (broad SMARTS) is 1. The Balaban J connectivity index is 0.00000288. The van der Waals surface area contributed by atoms with E-state index in [1.807, 2.05) is 35.2 Å². The molecule has 2 rings (SSSR count). The molecule has 1 aromatic rings. The number of carbonyl (C=O) groups excluding carboxylic acids is 1. The van der Waals surface area contributed by atoms with Crippen molar-refractivity contribution in [3.05, 3.63) is 30.3 Å². The smallest absolute Gasteiger partial charge is 0.320 e. The molecule has 24 heavy (non-hydrogen) atoms. The Morgan fingerprint density at radius 3 is 2.29 bits per heavy atom. The van der Waals surface area contributed by atoms with Crippen LogP contribution in [0.4, 0.5) is 5.69 Å². The number of anilines is 1. The molecule has 5 nitrogen and oxygen atoms in total. The van der Waals surface area contributed by atoms with Crippen LogP contribution in [0.2, 0.25) is 0 Å². The first-order valence-corrected chi connectivity index (χ1v) is 8.31. The molecular formula is C18H27ClN2O3. The predicted octanol–water partition coefficient (Wildman–Crippen LogP) is 3.18. The molecular weight excluding hydrogens is 328 g/mol. The predicted molar refractivity (Wildman–Crippen MR) is 97.8 cm³/mol. The van der Waals surface area contributed by atoms with Gasteiger partial charge in [-0.3, -0.25) is 14.5 Å². The van der Waals surface area contributed by atoms with Crippen molar-refractivity contribution in [2.75, 3.05) is 18.5 Å². The Labute approximate surface area is 150 Å². The van der Waals surface area contributed by atoms with E-state index in [1.54, 1.807) is 18.9 Å².